The summed E-state index contributed by atoms with van der Waals surface area (Å²) in [5.74, 6) is 0. The first kappa shape index (κ1) is 11.6. The quantitative estimate of drug-likeness (QED) is 0.741. The molecule has 0 saturated carbocycles. The molecule has 0 aromatic carbocycles. The summed E-state index contributed by atoms with van der Waals surface area (Å²) < 4.78 is 22.9. The topological polar surface area (TPSA) is 92.1 Å². The number of hydrogen-bond donors (Lipinski definition) is 1. The lowest BCUT2D eigenvalue weighted by atomic mass is 10.4. The largest absolute Gasteiger partial charge is 0.287 e. The maximum absolute atomic E-state index is 11.4. The molecular formula is C8H9N3O3S. The van der Waals surface area contributed by atoms with Crippen LogP contribution in [0.3, 0.4) is 0 Å². The third kappa shape index (κ3) is 2.99. The molecule has 1 aromatic rings. The highest BCUT2D eigenvalue weighted by Gasteiger charge is 2.13. The standard InChI is InChI=1S/C8H9N3O3S/c1-2-14-11-15(12,13)8-4-3-7(5-9)10-6-8/h3-4,6,11H,2H2,1H3. The van der Waals surface area contributed by atoms with E-state index in [2.05, 4.69) is 9.82 Å². The molecule has 1 rings (SSSR count). The highest BCUT2D eigenvalue weighted by molar-refractivity contribution is 7.89. The number of nitrogens with one attached hydrogen (secondary N) is 1. The Morgan fingerprint density at radius 1 is 1.60 bits per heavy atom. The molecule has 15 heavy (non-hydrogen) atoms. The van der Waals surface area contributed by atoms with Crippen molar-refractivity contribution in [2.45, 2.75) is 11.8 Å². The predicted molar refractivity (Wildman–Crippen MR) is 50.9 cm³/mol. The minimum Gasteiger partial charge on any atom is -0.287 e. The molecule has 0 fully saturated rings. The highest BCUT2D eigenvalue weighted by Crippen LogP contribution is 2.06. The van der Waals surface area contributed by atoms with Crippen molar-refractivity contribution in [3.63, 3.8) is 0 Å². The SMILES string of the molecule is CCONS(=O)(=O)c1ccc(C#N)nc1. The van der Waals surface area contributed by atoms with Gasteiger partial charge in [-0.25, -0.2) is 13.4 Å². The van der Waals surface area contributed by atoms with Crippen molar-refractivity contribution in [3.05, 3.63) is 24.0 Å². The second kappa shape index (κ2) is 4.84. The molecule has 0 aliphatic carbocycles. The van der Waals surface area contributed by atoms with Gasteiger partial charge < -0.3 is 0 Å². The third-order valence-electron chi connectivity index (χ3n) is 1.47. The van der Waals surface area contributed by atoms with Crippen LogP contribution in [0.4, 0.5) is 0 Å². The molecule has 0 radical (unpaired) electrons. The third-order valence-corrected chi connectivity index (χ3v) is 2.67. The fourth-order valence-electron chi connectivity index (χ4n) is 0.790. The van der Waals surface area contributed by atoms with Gasteiger partial charge in [-0.3, -0.25) is 4.84 Å². The summed E-state index contributed by atoms with van der Waals surface area (Å²) in [7, 11) is -3.69. The minimum atomic E-state index is -3.69. The van der Waals surface area contributed by atoms with Gasteiger partial charge in [-0.15, -0.1) is 0 Å². The summed E-state index contributed by atoms with van der Waals surface area (Å²) in [5.41, 5.74) is 0.158. The van der Waals surface area contributed by atoms with Gasteiger partial charge in [0.2, 0.25) is 0 Å². The number of hydrogen-bond acceptors (Lipinski definition) is 5. The van der Waals surface area contributed by atoms with Gasteiger partial charge in [0.15, 0.2) is 0 Å². The van der Waals surface area contributed by atoms with E-state index in [1.165, 1.54) is 12.1 Å². The van der Waals surface area contributed by atoms with E-state index in [-0.39, 0.29) is 17.2 Å². The van der Waals surface area contributed by atoms with Gasteiger partial charge in [0, 0.05) is 6.20 Å². The van der Waals surface area contributed by atoms with E-state index >= 15 is 0 Å². The van der Waals surface area contributed by atoms with Gasteiger partial charge in [-0.1, -0.05) is 4.89 Å². The molecule has 0 bridgehead atoms. The van der Waals surface area contributed by atoms with Crippen LogP contribution < -0.4 is 4.89 Å². The Kier molecular flexibility index (Phi) is 3.74. The first-order chi connectivity index (χ1) is 7.10. The van der Waals surface area contributed by atoms with E-state index in [0.29, 0.717) is 0 Å². The maximum Gasteiger partial charge on any atom is 0.264 e. The summed E-state index contributed by atoms with van der Waals surface area (Å²) >= 11 is 0. The summed E-state index contributed by atoms with van der Waals surface area (Å²) in [4.78, 5) is 10.1. The predicted octanol–water partition coefficient (Wildman–Crippen LogP) is 0.183. The van der Waals surface area contributed by atoms with Crippen LogP contribution in [0.2, 0.25) is 0 Å². The molecule has 0 saturated heterocycles. The molecule has 1 heterocycles. The molecule has 6 nitrogen and oxygen atoms in total. The molecular weight excluding hydrogens is 218 g/mol. The molecule has 80 valence electrons. The summed E-state index contributed by atoms with van der Waals surface area (Å²) in [5, 5.41) is 8.47. The lowest BCUT2D eigenvalue weighted by Gasteiger charge is -2.04. The molecule has 1 aromatic heterocycles. The van der Waals surface area contributed by atoms with E-state index in [0.717, 1.165) is 6.20 Å². The van der Waals surface area contributed by atoms with Crippen LogP contribution in [0, 0.1) is 11.3 Å². The number of nitrogens with zero attached hydrogens (tertiary/aromatic N) is 2. The van der Waals surface area contributed by atoms with E-state index in [1.54, 1.807) is 13.0 Å². The Morgan fingerprint density at radius 2 is 2.33 bits per heavy atom. The van der Waals surface area contributed by atoms with Crippen LogP contribution in [0.5, 0.6) is 0 Å². The number of nitriles is 1. The molecule has 0 aliphatic rings. The first-order valence-electron chi connectivity index (χ1n) is 4.10. The molecule has 0 unspecified atom stereocenters. The Balaban J connectivity index is 2.92. The van der Waals surface area contributed by atoms with Crippen LogP contribution in [-0.4, -0.2) is 20.0 Å². The van der Waals surface area contributed by atoms with E-state index < -0.39 is 10.0 Å². The zero-order valence-electron chi connectivity index (χ0n) is 7.97. The summed E-state index contributed by atoms with van der Waals surface area (Å²) in [6.07, 6.45) is 1.10. The fraction of sp³-hybridized carbons (Fsp3) is 0.250. The van der Waals surface area contributed by atoms with Gasteiger partial charge in [-0.2, -0.15) is 5.26 Å². The molecule has 0 spiro atoms. The number of aromatic nitrogens is 1. The zero-order valence-corrected chi connectivity index (χ0v) is 8.78. The first-order valence-corrected chi connectivity index (χ1v) is 5.58. The Hall–Kier alpha value is -1.49. The Bertz CT molecular complexity index is 461. The molecule has 1 N–H and O–H groups in total. The van der Waals surface area contributed by atoms with Crippen molar-refractivity contribution in [2.75, 3.05) is 6.61 Å². The van der Waals surface area contributed by atoms with Crippen LogP contribution in [0.1, 0.15) is 12.6 Å². The van der Waals surface area contributed by atoms with Crippen LogP contribution in [0.25, 0.3) is 0 Å². The fourth-order valence-corrected chi connectivity index (χ4v) is 1.60. The monoisotopic (exact) mass is 227 g/mol. The smallest absolute Gasteiger partial charge is 0.264 e. The van der Waals surface area contributed by atoms with Crippen LogP contribution >= 0.6 is 0 Å². The second-order valence-electron chi connectivity index (χ2n) is 2.51. The van der Waals surface area contributed by atoms with Crippen LogP contribution in [0.15, 0.2) is 23.2 Å². The van der Waals surface area contributed by atoms with E-state index in [1.807, 2.05) is 4.89 Å². The summed E-state index contributed by atoms with van der Waals surface area (Å²) in [6.45, 7) is 1.88. The van der Waals surface area contributed by atoms with E-state index in [4.69, 9.17) is 5.26 Å². The molecule has 0 aliphatic heterocycles. The Labute approximate surface area is 87.5 Å². The van der Waals surface area contributed by atoms with Crippen molar-refractivity contribution >= 4 is 10.0 Å². The zero-order chi connectivity index (χ0) is 11.3. The van der Waals surface area contributed by atoms with Gasteiger partial charge in [0.05, 0.1) is 6.61 Å². The van der Waals surface area contributed by atoms with Crippen molar-refractivity contribution in [1.82, 2.24) is 9.87 Å². The van der Waals surface area contributed by atoms with E-state index in [9.17, 15) is 8.42 Å². The lowest BCUT2D eigenvalue weighted by Crippen LogP contribution is -2.24. The maximum atomic E-state index is 11.4. The van der Waals surface area contributed by atoms with Crippen molar-refractivity contribution in [1.29, 1.82) is 5.26 Å². The molecule has 0 atom stereocenters. The highest BCUT2D eigenvalue weighted by atomic mass is 32.2. The molecule has 0 amide bonds. The van der Waals surface area contributed by atoms with Crippen molar-refractivity contribution < 1.29 is 13.3 Å². The Morgan fingerprint density at radius 3 is 2.80 bits per heavy atom. The van der Waals surface area contributed by atoms with Crippen LogP contribution in [-0.2, 0) is 14.9 Å². The number of sulfonamides is 1. The average Bonchev–Trinajstić information content (AvgIpc) is 2.26. The minimum absolute atomic E-state index is 0.0463. The van der Waals surface area contributed by atoms with Gasteiger partial charge in [0.1, 0.15) is 16.7 Å². The second-order valence-corrected chi connectivity index (χ2v) is 4.16. The normalized spacial score (nSPS) is 10.9. The molecule has 7 heteroatoms. The number of pyridine rings is 1. The number of rotatable bonds is 4. The van der Waals surface area contributed by atoms with Gasteiger partial charge in [0.25, 0.3) is 10.0 Å². The van der Waals surface area contributed by atoms with Crippen molar-refractivity contribution in [2.24, 2.45) is 0 Å². The average molecular weight is 227 g/mol. The summed E-state index contributed by atoms with van der Waals surface area (Å²) in [6, 6.07) is 4.40. The van der Waals surface area contributed by atoms with Gasteiger partial charge in [-0.05, 0) is 19.1 Å². The van der Waals surface area contributed by atoms with Gasteiger partial charge >= 0.3 is 0 Å². The van der Waals surface area contributed by atoms with Crippen molar-refractivity contribution in [3.8, 4) is 6.07 Å². The lowest BCUT2D eigenvalue weighted by molar-refractivity contribution is 0.105.